The maximum absolute atomic E-state index is 11.1. The van der Waals surface area contributed by atoms with Crippen LogP contribution >= 0.6 is 23.2 Å². The van der Waals surface area contributed by atoms with Crippen LogP contribution in [0.15, 0.2) is 17.0 Å². The van der Waals surface area contributed by atoms with Gasteiger partial charge in [0.2, 0.25) is 15.9 Å². The molecule has 3 N–H and O–H groups in total. The van der Waals surface area contributed by atoms with Crippen LogP contribution in [0.5, 0.6) is 0 Å². The zero-order valence-corrected chi connectivity index (χ0v) is 10.4. The fourth-order valence-electron chi connectivity index (χ4n) is 1.03. The number of rotatable bonds is 2. The molecule has 0 atom stereocenters. The van der Waals surface area contributed by atoms with Crippen molar-refractivity contribution < 1.29 is 13.2 Å². The van der Waals surface area contributed by atoms with Gasteiger partial charge in [-0.05, 0) is 12.1 Å². The highest BCUT2D eigenvalue weighted by molar-refractivity contribution is 7.89. The Bertz CT molecular complexity index is 542. The summed E-state index contributed by atoms with van der Waals surface area (Å²) in [5.74, 6) is -0.346. The van der Waals surface area contributed by atoms with E-state index < -0.39 is 10.0 Å². The number of benzene rings is 1. The van der Waals surface area contributed by atoms with Crippen LogP contribution in [0.25, 0.3) is 0 Å². The van der Waals surface area contributed by atoms with E-state index >= 15 is 0 Å². The Morgan fingerprint density at radius 1 is 1.31 bits per heavy atom. The number of anilines is 1. The third-order valence-corrected chi connectivity index (χ3v) is 3.33. The predicted octanol–water partition coefficient (Wildman–Crippen LogP) is 1.60. The summed E-state index contributed by atoms with van der Waals surface area (Å²) in [6, 6.07) is 2.32. The van der Waals surface area contributed by atoms with E-state index in [0.717, 1.165) is 6.07 Å². The summed E-state index contributed by atoms with van der Waals surface area (Å²) >= 11 is 11.5. The summed E-state index contributed by atoms with van der Waals surface area (Å²) in [6.45, 7) is 1.29. The van der Waals surface area contributed by atoms with Gasteiger partial charge in [-0.25, -0.2) is 13.6 Å². The number of amides is 1. The molecule has 1 rings (SSSR count). The molecule has 88 valence electrons. The minimum atomic E-state index is -3.93. The Morgan fingerprint density at radius 2 is 1.88 bits per heavy atom. The van der Waals surface area contributed by atoms with Crippen LogP contribution in [0.3, 0.4) is 0 Å². The van der Waals surface area contributed by atoms with Crippen molar-refractivity contribution in [3.63, 3.8) is 0 Å². The van der Waals surface area contributed by atoms with Crippen molar-refractivity contribution in [2.75, 3.05) is 5.32 Å². The van der Waals surface area contributed by atoms with Crippen LogP contribution in [-0.2, 0) is 14.8 Å². The molecule has 16 heavy (non-hydrogen) atoms. The Labute approximate surface area is 103 Å². The number of carbonyl (C=O) groups is 1. The number of carbonyl (C=O) groups excluding carboxylic acids is 1. The first kappa shape index (κ1) is 13.2. The van der Waals surface area contributed by atoms with Gasteiger partial charge in [0.1, 0.15) is 4.90 Å². The van der Waals surface area contributed by atoms with Gasteiger partial charge in [-0.2, -0.15) is 0 Å². The molecule has 0 saturated heterocycles. The molecule has 0 fully saturated rings. The highest BCUT2D eigenvalue weighted by Gasteiger charge is 2.16. The quantitative estimate of drug-likeness (QED) is 0.863. The van der Waals surface area contributed by atoms with Gasteiger partial charge < -0.3 is 5.32 Å². The maximum Gasteiger partial charge on any atom is 0.239 e. The van der Waals surface area contributed by atoms with Crippen molar-refractivity contribution in [1.29, 1.82) is 0 Å². The van der Waals surface area contributed by atoms with Crippen molar-refractivity contribution in [2.45, 2.75) is 11.8 Å². The molecular weight excluding hydrogens is 275 g/mol. The van der Waals surface area contributed by atoms with Gasteiger partial charge in [-0.15, -0.1) is 0 Å². The lowest BCUT2D eigenvalue weighted by atomic mass is 10.3. The minimum absolute atomic E-state index is 0.0450. The van der Waals surface area contributed by atoms with Crippen molar-refractivity contribution >= 4 is 44.8 Å². The van der Waals surface area contributed by atoms with Gasteiger partial charge in [0.15, 0.2) is 0 Å². The van der Waals surface area contributed by atoms with E-state index in [1.807, 2.05) is 0 Å². The van der Waals surface area contributed by atoms with Gasteiger partial charge >= 0.3 is 0 Å². The number of halogens is 2. The molecule has 1 amide bonds. The van der Waals surface area contributed by atoms with Crippen LogP contribution in [0.4, 0.5) is 5.69 Å². The van der Waals surface area contributed by atoms with Crippen LogP contribution < -0.4 is 10.5 Å². The topological polar surface area (TPSA) is 89.3 Å². The lowest BCUT2D eigenvalue weighted by Gasteiger charge is -2.08. The van der Waals surface area contributed by atoms with Crippen LogP contribution in [0.2, 0.25) is 10.0 Å². The second-order valence-corrected chi connectivity index (χ2v) is 5.33. The Morgan fingerprint density at radius 3 is 2.31 bits per heavy atom. The third kappa shape index (κ3) is 3.08. The molecule has 0 bridgehead atoms. The molecule has 0 heterocycles. The van der Waals surface area contributed by atoms with E-state index in [9.17, 15) is 13.2 Å². The minimum Gasteiger partial charge on any atom is -0.325 e. The van der Waals surface area contributed by atoms with Crippen LogP contribution in [0.1, 0.15) is 6.92 Å². The first-order valence-corrected chi connectivity index (χ1v) is 6.31. The van der Waals surface area contributed by atoms with E-state index in [4.69, 9.17) is 28.3 Å². The van der Waals surface area contributed by atoms with Crippen molar-refractivity contribution in [3.8, 4) is 0 Å². The second-order valence-electron chi connectivity index (χ2n) is 2.99. The van der Waals surface area contributed by atoms with E-state index in [0.29, 0.717) is 0 Å². The molecular formula is C8H8Cl2N2O3S. The van der Waals surface area contributed by atoms with Crippen molar-refractivity contribution in [3.05, 3.63) is 22.2 Å². The molecule has 0 aliphatic rings. The normalized spacial score (nSPS) is 11.2. The summed E-state index contributed by atoms with van der Waals surface area (Å²) < 4.78 is 22.2. The smallest absolute Gasteiger partial charge is 0.239 e. The van der Waals surface area contributed by atoms with Crippen molar-refractivity contribution in [2.24, 2.45) is 5.14 Å². The van der Waals surface area contributed by atoms with E-state index in [2.05, 4.69) is 5.32 Å². The van der Waals surface area contributed by atoms with Gasteiger partial charge in [0, 0.05) is 6.92 Å². The Balaban J connectivity index is 3.33. The molecule has 1 aromatic rings. The number of nitrogens with two attached hydrogens (primary N) is 1. The largest absolute Gasteiger partial charge is 0.325 e. The van der Waals surface area contributed by atoms with Crippen LogP contribution in [0, 0.1) is 0 Å². The van der Waals surface area contributed by atoms with Crippen molar-refractivity contribution in [1.82, 2.24) is 0 Å². The standard InChI is InChI=1S/C8H8Cl2N2O3S/c1-4(13)12-7-2-6(10)8(3-5(7)9)16(11,14)15/h2-3H,1H3,(H,12,13)(H2,11,14,15). The highest BCUT2D eigenvalue weighted by Crippen LogP contribution is 2.31. The molecule has 0 aliphatic carbocycles. The lowest BCUT2D eigenvalue weighted by Crippen LogP contribution is -2.13. The molecule has 0 aromatic heterocycles. The molecule has 0 aliphatic heterocycles. The maximum atomic E-state index is 11.1. The first-order chi connectivity index (χ1) is 7.21. The van der Waals surface area contributed by atoms with Gasteiger partial charge in [0.05, 0.1) is 15.7 Å². The fourth-order valence-corrected chi connectivity index (χ4v) is 2.41. The zero-order chi connectivity index (χ0) is 12.5. The third-order valence-electron chi connectivity index (χ3n) is 1.64. The number of hydrogen-bond donors (Lipinski definition) is 2. The number of primary sulfonamides is 1. The van der Waals surface area contributed by atoms with Gasteiger partial charge in [0.25, 0.3) is 0 Å². The van der Waals surface area contributed by atoms with Gasteiger partial charge in [-0.1, -0.05) is 23.2 Å². The summed E-state index contributed by atoms with van der Waals surface area (Å²) in [6.07, 6.45) is 0. The number of sulfonamides is 1. The number of nitrogens with one attached hydrogen (secondary N) is 1. The van der Waals surface area contributed by atoms with E-state index in [1.54, 1.807) is 0 Å². The summed E-state index contributed by atoms with van der Waals surface area (Å²) in [4.78, 5) is 10.5. The molecule has 0 radical (unpaired) electrons. The average Bonchev–Trinajstić information content (AvgIpc) is 2.07. The summed E-state index contributed by atoms with van der Waals surface area (Å²) in [7, 11) is -3.93. The monoisotopic (exact) mass is 282 g/mol. The zero-order valence-electron chi connectivity index (χ0n) is 8.12. The Hall–Kier alpha value is -0.820. The SMILES string of the molecule is CC(=O)Nc1cc(Cl)c(S(N)(=O)=O)cc1Cl. The Kier molecular flexibility index (Phi) is 3.80. The molecule has 0 spiro atoms. The summed E-state index contributed by atoms with van der Waals surface area (Å²) in [5, 5.41) is 7.26. The predicted molar refractivity (Wildman–Crippen MR) is 62.1 cm³/mol. The molecule has 1 aromatic carbocycles. The van der Waals surface area contributed by atoms with E-state index in [-0.39, 0.29) is 26.5 Å². The summed E-state index contributed by atoms with van der Waals surface area (Å²) in [5.41, 5.74) is 0.228. The highest BCUT2D eigenvalue weighted by atomic mass is 35.5. The molecule has 5 nitrogen and oxygen atoms in total. The lowest BCUT2D eigenvalue weighted by molar-refractivity contribution is -0.114. The first-order valence-electron chi connectivity index (χ1n) is 4.01. The molecule has 8 heteroatoms. The average molecular weight is 283 g/mol. The molecule has 0 unspecified atom stereocenters. The molecule has 0 saturated carbocycles. The van der Waals surface area contributed by atoms with E-state index in [1.165, 1.54) is 13.0 Å². The second kappa shape index (κ2) is 4.58. The van der Waals surface area contributed by atoms with Gasteiger partial charge in [-0.3, -0.25) is 4.79 Å². The number of hydrogen-bond acceptors (Lipinski definition) is 3. The fraction of sp³-hybridized carbons (Fsp3) is 0.125. The van der Waals surface area contributed by atoms with Crippen LogP contribution in [-0.4, -0.2) is 14.3 Å².